The van der Waals surface area contributed by atoms with Gasteiger partial charge in [0.25, 0.3) is 0 Å². The number of hydrogen-bond donors (Lipinski definition) is 2. The third kappa shape index (κ3) is 3.33. The van der Waals surface area contributed by atoms with E-state index in [1.54, 1.807) is 16.8 Å². The van der Waals surface area contributed by atoms with Crippen molar-refractivity contribution in [3.05, 3.63) is 29.0 Å². The number of carbonyl (C=O) groups excluding carboxylic acids is 2. The molecule has 6 rings (SSSR count). The van der Waals surface area contributed by atoms with E-state index in [0.717, 1.165) is 64.4 Å². The molecule has 9 heteroatoms. The van der Waals surface area contributed by atoms with Crippen LogP contribution in [-0.4, -0.2) is 70.2 Å². The lowest BCUT2D eigenvalue weighted by Gasteiger charge is -2.28. The number of imidazole rings is 1. The normalized spacial score (nSPS) is 24.0. The van der Waals surface area contributed by atoms with Gasteiger partial charge in [0.2, 0.25) is 11.8 Å². The van der Waals surface area contributed by atoms with Crippen LogP contribution >= 0.6 is 0 Å². The van der Waals surface area contributed by atoms with E-state index in [2.05, 4.69) is 22.1 Å². The van der Waals surface area contributed by atoms with Crippen molar-refractivity contribution in [2.75, 3.05) is 38.3 Å². The van der Waals surface area contributed by atoms with E-state index in [0.29, 0.717) is 13.2 Å². The fourth-order valence-electron chi connectivity index (χ4n) is 5.52. The zero-order valence-electron chi connectivity index (χ0n) is 19.1. The first-order chi connectivity index (χ1) is 15.9. The highest BCUT2D eigenvalue weighted by atomic mass is 16.5. The van der Waals surface area contributed by atoms with Crippen molar-refractivity contribution in [1.82, 2.24) is 25.1 Å². The van der Waals surface area contributed by atoms with E-state index in [4.69, 9.17) is 9.72 Å². The van der Waals surface area contributed by atoms with Gasteiger partial charge < -0.3 is 19.5 Å². The monoisotopic (exact) mass is 448 g/mol. The maximum absolute atomic E-state index is 12.9. The van der Waals surface area contributed by atoms with Crippen LogP contribution < -0.4 is 4.90 Å². The van der Waals surface area contributed by atoms with Crippen LogP contribution in [0.4, 0.5) is 5.69 Å². The van der Waals surface area contributed by atoms with Crippen LogP contribution in [0.3, 0.4) is 0 Å². The molecule has 3 atom stereocenters. The van der Waals surface area contributed by atoms with Gasteiger partial charge in [0.15, 0.2) is 5.82 Å². The zero-order chi connectivity index (χ0) is 22.9. The first-order valence-electron chi connectivity index (χ1n) is 11.6. The summed E-state index contributed by atoms with van der Waals surface area (Å²) < 4.78 is 5.15. The first kappa shape index (κ1) is 20.4. The third-order valence-electron chi connectivity index (χ3n) is 7.76. The second-order valence-corrected chi connectivity index (χ2v) is 9.69. The molecule has 1 saturated carbocycles. The zero-order valence-corrected chi connectivity index (χ0v) is 19.1. The van der Waals surface area contributed by atoms with Crippen LogP contribution in [0.1, 0.15) is 23.7 Å². The van der Waals surface area contributed by atoms with Crippen LogP contribution in [0.2, 0.25) is 0 Å². The van der Waals surface area contributed by atoms with Gasteiger partial charge in [-0.05, 0) is 55.2 Å². The van der Waals surface area contributed by atoms with Crippen molar-refractivity contribution in [1.29, 1.82) is 0 Å². The van der Waals surface area contributed by atoms with E-state index in [1.807, 2.05) is 19.1 Å². The molecule has 3 heterocycles. The van der Waals surface area contributed by atoms with E-state index >= 15 is 0 Å². The first-order valence-corrected chi connectivity index (χ1v) is 11.6. The molecular formula is C24H28N6O3. The molecule has 3 unspecified atom stereocenters. The molecular weight excluding hydrogens is 420 g/mol. The molecule has 172 valence electrons. The SMILES string of the molecule is Cc1cc2[nH]c(-c3n[nH]c4c3CC3C(C)C3C4)nc2cc1N(C)C(=O)CN1CCOCC1=O. The van der Waals surface area contributed by atoms with Crippen LogP contribution in [0, 0.1) is 24.7 Å². The Labute approximate surface area is 191 Å². The van der Waals surface area contributed by atoms with Crippen molar-refractivity contribution in [2.24, 2.45) is 17.8 Å². The molecule has 1 aliphatic heterocycles. The Morgan fingerprint density at radius 1 is 1.30 bits per heavy atom. The number of benzene rings is 1. The standard InChI is InChI=1S/C24H28N6O3/c1-12-6-18-19(9-20(12)29(3)21(31)10-30-4-5-33-11-22(30)32)26-24(25-18)23-16-7-14-13(2)15(14)8-17(16)27-28-23/h6,9,13-15H,4-5,7-8,10-11H2,1-3H3,(H,25,26)(H,27,28). The molecule has 2 fully saturated rings. The Morgan fingerprint density at radius 2 is 2.12 bits per heavy atom. The number of aromatic amines is 2. The van der Waals surface area contributed by atoms with Gasteiger partial charge in [-0.1, -0.05) is 6.92 Å². The van der Waals surface area contributed by atoms with Gasteiger partial charge in [-0.15, -0.1) is 0 Å². The summed E-state index contributed by atoms with van der Waals surface area (Å²) in [6, 6.07) is 3.95. The molecule has 2 aliphatic carbocycles. The summed E-state index contributed by atoms with van der Waals surface area (Å²) in [5, 5.41) is 7.83. The van der Waals surface area contributed by atoms with E-state index in [-0.39, 0.29) is 25.0 Å². The summed E-state index contributed by atoms with van der Waals surface area (Å²) in [6.45, 7) is 5.29. The van der Waals surface area contributed by atoms with Gasteiger partial charge >= 0.3 is 0 Å². The second-order valence-electron chi connectivity index (χ2n) is 9.69. The number of likely N-dealkylation sites (N-methyl/N-ethyl adjacent to an activating group) is 1. The summed E-state index contributed by atoms with van der Waals surface area (Å²) in [5.41, 5.74) is 6.90. The van der Waals surface area contributed by atoms with Gasteiger partial charge in [-0.3, -0.25) is 14.7 Å². The number of morpholine rings is 1. The van der Waals surface area contributed by atoms with Gasteiger partial charge in [0, 0.05) is 30.5 Å². The van der Waals surface area contributed by atoms with Gasteiger partial charge in [-0.25, -0.2) is 4.98 Å². The molecule has 33 heavy (non-hydrogen) atoms. The molecule has 1 saturated heterocycles. The number of hydrogen-bond acceptors (Lipinski definition) is 5. The third-order valence-corrected chi connectivity index (χ3v) is 7.76. The number of nitrogens with zero attached hydrogens (tertiary/aromatic N) is 4. The highest BCUT2D eigenvalue weighted by molar-refractivity contribution is 5.99. The lowest BCUT2D eigenvalue weighted by atomic mass is 9.96. The molecule has 0 bridgehead atoms. The van der Waals surface area contributed by atoms with E-state index in [9.17, 15) is 9.59 Å². The number of fused-ring (bicyclic) bond motifs is 3. The van der Waals surface area contributed by atoms with Crippen LogP contribution in [0.5, 0.6) is 0 Å². The maximum Gasteiger partial charge on any atom is 0.249 e. The molecule has 3 aliphatic rings. The minimum absolute atomic E-state index is 0.0369. The van der Waals surface area contributed by atoms with Crippen LogP contribution in [-0.2, 0) is 27.2 Å². The van der Waals surface area contributed by atoms with Crippen molar-refractivity contribution < 1.29 is 14.3 Å². The van der Waals surface area contributed by atoms with Gasteiger partial charge in [-0.2, -0.15) is 5.10 Å². The van der Waals surface area contributed by atoms with Crippen molar-refractivity contribution in [3.8, 4) is 11.5 Å². The lowest BCUT2D eigenvalue weighted by molar-refractivity contribution is -0.145. The Balaban J connectivity index is 1.27. The number of amides is 2. The fraction of sp³-hybridized carbons (Fsp3) is 0.500. The lowest BCUT2D eigenvalue weighted by Crippen LogP contribution is -2.47. The number of H-pyrrole nitrogens is 2. The Kier molecular flexibility index (Phi) is 4.58. The van der Waals surface area contributed by atoms with E-state index < -0.39 is 0 Å². The number of carbonyl (C=O) groups is 2. The predicted octanol–water partition coefficient (Wildman–Crippen LogP) is 2.06. The molecule has 3 aromatic rings. The minimum Gasteiger partial charge on any atom is -0.370 e. The number of aromatic nitrogens is 4. The highest BCUT2D eigenvalue weighted by Crippen LogP contribution is 2.54. The largest absolute Gasteiger partial charge is 0.370 e. The smallest absolute Gasteiger partial charge is 0.249 e. The van der Waals surface area contributed by atoms with Crippen molar-refractivity contribution in [3.63, 3.8) is 0 Å². The summed E-state index contributed by atoms with van der Waals surface area (Å²) in [5.74, 6) is 2.83. The van der Waals surface area contributed by atoms with Crippen molar-refractivity contribution >= 4 is 28.5 Å². The minimum atomic E-state index is -0.152. The number of aryl methyl sites for hydroxylation is 1. The highest BCUT2D eigenvalue weighted by Gasteiger charge is 2.50. The average molecular weight is 449 g/mol. The van der Waals surface area contributed by atoms with Crippen molar-refractivity contribution in [2.45, 2.75) is 26.7 Å². The predicted molar refractivity (Wildman–Crippen MR) is 123 cm³/mol. The molecule has 2 amide bonds. The van der Waals surface area contributed by atoms with E-state index in [1.165, 1.54) is 11.3 Å². The average Bonchev–Trinajstić information content (AvgIpc) is 3.13. The summed E-state index contributed by atoms with van der Waals surface area (Å²) in [7, 11) is 1.74. The molecule has 2 N–H and O–H groups in total. The molecule has 0 radical (unpaired) electrons. The van der Waals surface area contributed by atoms with Crippen LogP contribution in [0.15, 0.2) is 12.1 Å². The number of rotatable bonds is 4. The quantitative estimate of drug-likeness (QED) is 0.635. The molecule has 0 spiro atoms. The molecule has 2 aromatic heterocycles. The second kappa shape index (κ2) is 7.41. The Bertz CT molecular complexity index is 1280. The van der Waals surface area contributed by atoms with Gasteiger partial charge in [0.05, 0.1) is 17.6 Å². The fourth-order valence-corrected chi connectivity index (χ4v) is 5.52. The maximum atomic E-state index is 12.9. The molecule has 9 nitrogen and oxygen atoms in total. The summed E-state index contributed by atoms with van der Waals surface area (Å²) >= 11 is 0. The van der Waals surface area contributed by atoms with Gasteiger partial charge in [0.1, 0.15) is 18.8 Å². The number of anilines is 1. The number of nitrogens with one attached hydrogen (secondary N) is 2. The van der Waals surface area contributed by atoms with Crippen LogP contribution in [0.25, 0.3) is 22.6 Å². The Hall–Kier alpha value is -3.20. The Morgan fingerprint density at radius 3 is 2.94 bits per heavy atom. The summed E-state index contributed by atoms with van der Waals surface area (Å²) in [6.07, 6.45) is 2.14. The topological polar surface area (TPSA) is 107 Å². The molecule has 1 aromatic carbocycles. The number of ether oxygens (including phenoxy) is 1. The summed E-state index contributed by atoms with van der Waals surface area (Å²) in [4.78, 5) is 36.3.